The topological polar surface area (TPSA) is 44.4 Å². The third-order valence-corrected chi connectivity index (χ3v) is 4.24. The quantitative estimate of drug-likeness (QED) is 0.881. The molecule has 0 aromatic heterocycles. The molecule has 1 saturated heterocycles. The van der Waals surface area contributed by atoms with Crippen molar-refractivity contribution in [2.24, 2.45) is 0 Å². The Kier molecular flexibility index (Phi) is 8.01. The summed E-state index contributed by atoms with van der Waals surface area (Å²) in [5.74, 6) is 0.0525. The number of hydrogen-bond donors (Lipinski definition) is 2. The van der Waals surface area contributed by atoms with Gasteiger partial charge in [0.2, 0.25) is 0 Å². The standard InChI is InChI=1S/C16H23N3O.2ClH/c20-16(18-8-11-19-9-2-1-3-10-19)14-4-5-15-13(12-14)6-7-17-15;;/h4-5,12,17H,1-3,6-11H2,(H,18,20);2*1H. The summed E-state index contributed by atoms with van der Waals surface area (Å²) >= 11 is 0. The van der Waals surface area contributed by atoms with Crippen molar-refractivity contribution in [2.75, 3.05) is 38.0 Å². The van der Waals surface area contributed by atoms with Gasteiger partial charge in [-0.2, -0.15) is 0 Å². The van der Waals surface area contributed by atoms with Gasteiger partial charge in [-0.05, 0) is 56.1 Å². The number of halogens is 2. The molecule has 0 atom stereocenters. The number of fused-ring (bicyclic) bond motifs is 1. The third kappa shape index (κ3) is 4.77. The van der Waals surface area contributed by atoms with Crippen molar-refractivity contribution in [2.45, 2.75) is 25.7 Å². The molecule has 6 heteroatoms. The monoisotopic (exact) mass is 345 g/mol. The van der Waals surface area contributed by atoms with Crippen molar-refractivity contribution < 1.29 is 4.79 Å². The van der Waals surface area contributed by atoms with E-state index in [9.17, 15) is 4.79 Å². The molecule has 1 amide bonds. The molecule has 0 aliphatic carbocycles. The number of nitrogens with zero attached hydrogens (tertiary/aromatic N) is 1. The fourth-order valence-corrected chi connectivity index (χ4v) is 3.06. The van der Waals surface area contributed by atoms with Crippen LogP contribution in [0.1, 0.15) is 35.2 Å². The molecule has 2 N–H and O–H groups in total. The predicted octanol–water partition coefficient (Wildman–Crippen LogP) is 2.71. The number of anilines is 1. The highest BCUT2D eigenvalue weighted by Gasteiger charge is 2.14. The first-order valence-corrected chi connectivity index (χ1v) is 7.70. The van der Waals surface area contributed by atoms with Gasteiger partial charge in [-0.3, -0.25) is 4.79 Å². The Morgan fingerprint density at radius 1 is 1.18 bits per heavy atom. The minimum Gasteiger partial charge on any atom is -0.384 e. The van der Waals surface area contributed by atoms with Crippen LogP contribution in [-0.2, 0) is 6.42 Å². The minimum absolute atomic E-state index is 0. The van der Waals surface area contributed by atoms with Gasteiger partial charge in [-0.1, -0.05) is 6.42 Å². The number of piperidine rings is 1. The minimum atomic E-state index is 0. The lowest BCUT2D eigenvalue weighted by Gasteiger charge is -2.26. The third-order valence-electron chi connectivity index (χ3n) is 4.24. The largest absolute Gasteiger partial charge is 0.384 e. The van der Waals surface area contributed by atoms with E-state index in [1.807, 2.05) is 18.2 Å². The summed E-state index contributed by atoms with van der Waals surface area (Å²) in [5, 5.41) is 6.35. The Bertz CT molecular complexity index is 490. The molecule has 0 unspecified atom stereocenters. The zero-order valence-electron chi connectivity index (χ0n) is 12.8. The van der Waals surface area contributed by atoms with E-state index in [0.717, 1.165) is 31.6 Å². The van der Waals surface area contributed by atoms with Gasteiger partial charge in [0.25, 0.3) is 5.91 Å². The van der Waals surface area contributed by atoms with Crippen LogP contribution in [0.4, 0.5) is 5.69 Å². The fraction of sp³-hybridized carbons (Fsp3) is 0.562. The second kappa shape index (κ2) is 9.23. The van der Waals surface area contributed by atoms with Gasteiger partial charge < -0.3 is 15.5 Å². The van der Waals surface area contributed by atoms with Crippen molar-refractivity contribution in [3.8, 4) is 0 Å². The molecule has 2 aliphatic rings. The van der Waals surface area contributed by atoms with Gasteiger partial charge in [0.05, 0.1) is 0 Å². The summed E-state index contributed by atoms with van der Waals surface area (Å²) in [4.78, 5) is 14.6. The van der Waals surface area contributed by atoms with Crippen LogP contribution in [0.5, 0.6) is 0 Å². The van der Waals surface area contributed by atoms with E-state index in [1.165, 1.54) is 43.6 Å². The van der Waals surface area contributed by atoms with Crippen LogP contribution in [-0.4, -0.2) is 43.5 Å². The van der Waals surface area contributed by atoms with Crippen molar-refractivity contribution in [1.29, 1.82) is 0 Å². The van der Waals surface area contributed by atoms with E-state index >= 15 is 0 Å². The number of hydrogen-bond acceptors (Lipinski definition) is 3. The van der Waals surface area contributed by atoms with E-state index in [-0.39, 0.29) is 30.7 Å². The SMILES string of the molecule is Cl.Cl.O=C(NCCN1CCCCC1)c1ccc2c(c1)CCN2. The first kappa shape index (κ1) is 19.1. The highest BCUT2D eigenvalue weighted by molar-refractivity contribution is 5.95. The average Bonchev–Trinajstić information content (AvgIpc) is 2.95. The van der Waals surface area contributed by atoms with Crippen molar-refractivity contribution in [1.82, 2.24) is 10.2 Å². The smallest absolute Gasteiger partial charge is 0.251 e. The van der Waals surface area contributed by atoms with Crippen LogP contribution >= 0.6 is 24.8 Å². The summed E-state index contributed by atoms with van der Waals surface area (Å²) in [6.07, 6.45) is 4.97. The zero-order valence-corrected chi connectivity index (χ0v) is 14.4. The van der Waals surface area contributed by atoms with Crippen LogP contribution in [0.15, 0.2) is 18.2 Å². The Hall–Kier alpha value is -0.970. The molecule has 1 aromatic rings. The maximum absolute atomic E-state index is 12.1. The van der Waals surface area contributed by atoms with Crippen molar-refractivity contribution in [3.63, 3.8) is 0 Å². The Morgan fingerprint density at radius 3 is 2.73 bits per heavy atom. The lowest BCUT2D eigenvalue weighted by molar-refractivity contribution is 0.0946. The molecule has 0 bridgehead atoms. The van der Waals surface area contributed by atoms with Crippen molar-refractivity contribution >= 4 is 36.4 Å². The molecule has 22 heavy (non-hydrogen) atoms. The first-order chi connectivity index (χ1) is 9.83. The first-order valence-electron chi connectivity index (χ1n) is 7.70. The van der Waals surface area contributed by atoms with E-state index in [0.29, 0.717) is 0 Å². The molecule has 124 valence electrons. The molecular weight excluding hydrogens is 321 g/mol. The number of likely N-dealkylation sites (tertiary alicyclic amines) is 1. The predicted molar refractivity (Wildman–Crippen MR) is 95.8 cm³/mol. The fourth-order valence-electron chi connectivity index (χ4n) is 3.06. The van der Waals surface area contributed by atoms with Gasteiger partial charge in [0, 0.05) is 30.9 Å². The molecule has 0 saturated carbocycles. The number of nitrogens with one attached hydrogen (secondary N) is 2. The number of rotatable bonds is 4. The molecule has 1 fully saturated rings. The number of benzene rings is 1. The number of amides is 1. The molecule has 1 aromatic carbocycles. The second-order valence-electron chi connectivity index (χ2n) is 5.71. The van der Waals surface area contributed by atoms with Gasteiger partial charge in [-0.15, -0.1) is 24.8 Å². The lowest BCUT2D eigenvalue weighted by atomic mass is 10.1. The Labute approximate surface area is 144 Å². The van der Waals surface area contributed by atoms with E-state index in [2.05, 4.69) is 15.5 Å². The van der Waals surface area contributed by atoms with Crippen molar-refractivity contribution in [3.05, 3.63) is 29.3 Å². The van der Waals surface area contributed by atoms with Gasteiger partial charge in [0.15, 0.2) is 0 Å². The van der Waals surface area contributed by atoms with E-state index < -0.39 is 0 Å². The molecule has 0 radical (unpaired) electrons. The normalized spacial score (nSPS) is 16.7. The summed E-state index contributed by atoms with van der Waals surface area (Å²) in [5.41, 5.74) is 3.22. The Balaban J connectivity index is 0.00000121. The maximum atomic E-state index is 12.1. The zero-order chi connectivity index (χ0) is 13.8. The highest BCUT2D eigenvalue weighted by atomic mass is 35.5. The average molecular weight is 346 g/mol. The Morgan fingerprint density at radius 2 is 1.95 bits per heavy atom. The molecule has 2 heterocycles. The van der Waals surface area contributed by atoms with E-state index in [1.54, 1.807) is 0 Å². The summed E-state index contributed by atoms with van der Waals surface area (Å²) in [6.45, 7) is 5.06. The summed E-state index contributed by atoms with van der Waals surface area (Å²) in [6, 6.07) is 5.95. The second-order valence-corrected chi connectivity index (χ2v) is 5.71. The van der Waals surface area contributed by atoms with Crippen LogP contribution in [0.2, 0.25) is 0 Å². The van der Waals surface area contributed by atoms with Crippen LogP contribution in [0.25, 0.3) is 0 Å². The van der Waals surface area contributed by atoms with Crippen LogP contribution in [0, 0.1) is 0 Å². The van der Waals surface area contributed by atoms with Crippen LogP contribution in [0.3, 0.4) is 0 Å². The summed E-state index contributed by atoms with van der Waals surface area (Å²) < 4.78 is 0. The molecule has 3 rings (SSSR count). The number of carbonyl (C=O) groups is 1. The van der Waals surface area contributed by atoms with E-state index in [4.69, 9.17) is 0 Å². The molecule has 2 aliphatic heterocycles. The lowest BCUT2D eigenvalue weighted by Crippen LogP contribution is -2.37. The molecule has 0 spiro atoms. The van der Waals surface area contributed by atoms with Crippen LogP contribution < -0.4 is 10.6 Å². The molecule has 4 nitrogen and oxygen atoms in total. The molecular formula is C16H25Cl2N3O. The number of carbonyl (C=O) groups excluding carboxylic acids is 1. The van der Waals surface area contributed by atoms with Gasteiger partial charge >= 0.3 is 0 Å². The van der Waals surface area contributed by atoms with Gasteiger partial charge in [0.1, 0.15) is 0 Å². The maximum Gasteiger partial charge on any atom is 0.251 e. The van der Waals surface area contributed by atoms with Gasteiger partial charge in [-0.25, -0.2) is 0 Å². The summed E-state index contributed by atoms with van der Waals surface area (Å²) in [7, 11) is 0. The highest BCUT2D eigenvalue weighted by Crippen LogP contribution is 2.22.